The first-order chi connectivity index (χ1) is 14.3. The number of nitrogens with one attached hydrogen (secondary N) is 2. The number of benzene rings is 2. The summed E-state index contributed by atoms with van der Waals surface area (Å²) in [6, 6.07) is 8.25. The first kappa shape index (κ1) is 22.1. The van der Waals surface area contributed by atoms with Crippen molar-refractivity contribution in [1.29, 1.82) is 0 Å². The van der Waals surface area contributed by atoms with Gasteiger partial charge in [0, 0.05) is 30.9 Å². The molecular weight excluding hydrogens is 416 g/mol. The number of morpholine rings is 1. The zero-order chi connectivity index (χ0) is 21.6. The molecule has 1 heterocycles. The van der Waals surface area contributed by atoms with Gasteiger partial charge in [-0.25, -0.2) is 17.2 Å². The number of hydrogen-bond donors (Lipinski definition) is 2. The van der Waals surface area contributed by atoms with E-state index in [4.69, 9.17) is 4.74 Å². The first-order valence-electron chi connectivity index (χ1n) is 9.51. The number of amides is 1. The van der Waals surface area contributed by atoms with Gasteiger partial charge in [0.25, 0.3) is 15.9 Å². The summed E-state index contributed by atoms with van der Waals surface area (Å²) >= 11 is 0. The van der Waals surface area contributed by atoms with Crippen LogP contribution in [0, 0.1) is 11.6 Å². The number of halogens is 2. The van der Waals surface area contributed by atoms with E-state index < -0.39 is 26.6 Å². The second-order valence-electron chi connectivity index (χ2n) is 6.83. The molecule has 0 spiro atoms. The fraction of sp³-hybridized carbons (Fsp3) is 0.350. The maximum absolute atomic E-state index is 13.4. The maximum Gasteiger partial charge on any atom is 0.261 e. The van der Waals surface area contributed by atoms with Crippen LogP contribution in [0.25, 0.3) is 0 Å². The molecule has 30 heavy (non-hydrogen) atoms. The largest absolute Gasteiger partial charge is 0.379 e. The van der Waals surface area contributed by atoms with Crippen LogP contribution in [0.5, 0.6) is 0 Å². The van der Waals surface area contributed by atoms with Gasteiger partial charge in [-0.15, -0.1) is 0 Å². The Kier molecular flexibility index (Phi) is 7.35. The minimum Gasteiger partial charge on any atom is -0.379 e. The molecule has 1 amide bonds. The highest BCUT2D eigenvalue weighted by Gasteiger charge is 2.17. The molecule has 0 radical (unpaired) electrons. The van der Waals surface area contributed by atoms with Gasteiger partial charge in [0.15, 0.2) is 11.6 Å². The third-order valence-corrected chi connectivity index (χ3v) is 6.00. The van der Waals surface area contributed by atoms with Gasteiger partial charge in [0.2, 0.25) is 0 Å². The van der Waals surface area contributed by atoms with Crippen molar-refractivity contribution < 1.29 is 26.7 Å². The number of rotatable bonds is 8. The Bertz CT molecular complexity index is 995. The minimum atomic E-state index is -4.13. The van der Waals surface area contributed by atoms with E-state index in [1.165, 1.54) is 18.2 Å². The summed E-state index contributed by atoms with van der Waals surface area (Å²) < 4.78 is 58.8. The second-order valence-corrected chi connectivity index (χ2v) is 8.51. The molecule has 2 aromatic carbocycles. The number of ether oxygens (including phenoxy) is 1. The summed E-state index contributed by atoms with van der Waals surface area (Å²) in [6.45, 7) is 4.56. The molecule has 1 fully saturated rings. The summed E-state index contributed by atoms with van der Waals surface area (Å²) in [7, 11) is -4.13. The van der Waals surface area contributed by atoms with Crippen molar-refractivity contribution in [3.05, 3.63) is 59.7 Å². The van der Waals surface area contributed by atoms with Gasteiger partial charge in [-0.3, -0.25) is 14.4 Å². The summed E-state index contributed by atoms with van der Waals surface area (Å²) in [4.78, 5) is 14.2. The summed E-state index contributed by atoms with van der Waals surface area (Å²) in [5.74, 6) is -2.73. The molecule has 0 unspecified atom stereocenters. The van der Waals surface area contributed by atoms with E-state index in [0.717, 1.165) is 51.4 Å². The van der Waals surface area contributed by atoms with Crippen LogP contribution in [0.1, 0.15) is 16.8 Å². The molecule has 2 aromatic rings. The molecule has 0 aromatic heterocycles. The predicted octanol–water partition coefficient (Wildman–Crippen LogP) is 2.22. The Morgan fingerprint density at radius 3 is 2.57 bits per heavy atom. The van der Waals surface area contributed by atoms with Gasteiger partial charge < -0.3 is 10.1 Å². The Morgan fingerprint density at radius 1 is 1.07 bits per heavy atom. The third kappa shape index (κ3) is 5.97. The van der Waals surface area contributed by atoms with Crippen molar-refractivity contribution in [2.45, 2.75) is 11.3 Å². The number of carbonyl (C=O) groups excluding carboxylic acids is 1. The lowest BCUT2D eigenvalue weighted by Crippen LogP contribution is -2.38. The third-order valence-electron chi connectivity index (χ3n) is 4.62. The summed E-state index contributed by atoms with van der Waals surface area (Å²) in [5.41, 5.74) is 0.424. The zero-order valence-corrected chi connectivity index (χ0v) is 17.1. The van der Waals surface area contributed by atoms with Crippen LogP contribution in [-0.2, 0) is 14.8 Å². The van der Waals surface area contributed by atoms with E-state index in [9.17, 15) is 22.0 Å². The second kappa shape index (κ2) is 9.96. The van der Waals surface area contributed by atoms with Crippen LogP contribution in [0.2, 0.25) is 0 Å². The van der Waals surface area contributed by atoms with Gasteiger partial charge in [-0.2, -0.15) is 0 Å². The Morgan fingerprint density at radius 2 is 1.83 bits per heavy atom. The standard InChI is InChI=1S/C20H23F2N3O4S/c21-18-6-5-17(14-19(18)22)30(27,28)24-16-4-1-3-15(13-16)20(26)23-7-2-8-25-9-11-29-12-10-25/h1,3-6,13-14,24H,2,7-12H2,(H,23,26). The Balaban J connectivity index is 1.56. The molecule has 0 atom stereocenters. The van der Waals surface area contributed by atoms with Crippen molar-refractivity contribution in [2.75, 3.05) is 44.1 Å². The molecular formula is C20H23F2N3O4S. The lowest BCUT2D eigenvalue weighted by Gasteiger charge is -2.26. The molecule has 10 heteroatoms. The molecule has 0 saturated carbocycles. The fourth-order valence-electron chi connectivity index (χ4n) is 3.01. The number of nitrogens with zero attached hydrogens (tertiary/aromatic N) is 1. The molecule has 162 valence electrons. The fourth-order valence-corrected chi connectivity index (χ4v) is 4.07. The highest BCUT2D eigenvalue weighted by molar-refractivity contribution is 7.92. The van der Waals surface area contributed by atoms with Crippen LogP contribution in [0.3, 0.4) is 0 Å². The number of anilines is 1. The average Bonchev–Trinajstić information content (AvgIpc) is 2.73. The van der Waals surface area contributed by atoms with Crippen LogP contribution < -0.4 is 10.0 Å². The molecule has 3 rings (SSSR count). The van der Waals surface area contributed by atoms with Crippen molar-refractivity contribution in [1.82, 2.24) is 10.2 Å². The highest BCUT2D eigenvalue weighted by Crippen LogP contribution is 2.19. The van der Waals surface area contributed by atoms with Crippen LogP contribution in [0.4, 0.5) is 14.5 Å². The van der Waals surface area contributed by atoms with Crippen LogP contribution >= 0.6 is 0 Å². The van der Waals surface area contributed by atoms with Crippen LogP contribution in [-0.4, -0.2) is 58.6 Å². The van der Waals surface area contributed by atoms with E-state index in [1.54, 1.807) is 6.07 Å². The lowest BCUT2D eigenvalue weighted by atomic mass is 10.2. The molecule has 1 aliphatic rings. The van der Waals surface area contributed by atoms with Gasteiger partial charge in [-0.05, 0) is 49.4 Å². The van der Waals surface area contributed by atoms with Crippen molar-refractivity contribution in [3.8, 4) is 0 Å². The summed E-state index contributed by atoms with van der Waals surface area (Å²) in [5, 5.41) is 2.81. The SMILES string of the molecule is O=C(NCCCN1CCOCC1)c1cccc(NS(=O)(=O)c2ccc(F)c(F)c2)c1. The highest BCUT2D eigenvalue weighted by atomic mass is 32.2. The monoisotopic (exact) mass is 439 g/mol. The first-order valence-corrected chi connectivity index (χ1v) is 11.0. The quantitative estimate of drug-likeness (QED) is 0.616. The van der Waals surface area contributed by atoms with Crippen molar-refractivity contribution >= 4 is 21.6 Å². The van der Waals surface area contributed by atoms with E-state index in [1.807, 2.05) is 0 Å². The summed E-state index contributed by atoms with van der Waals surface area (Å²) in [6.07, 6.45) is 0.786. The lowest BCUT2D eigenvalue weighted by molar-refractivity contribution is 0.0374. The minimum absolute atomic E-state index is 0.140. The van der Waals surface area contributed by atoms with Gasteiger partial charge >= 0.3 is 0 Å². The molecule has 7 nitrogen and oxygen atoms in total. The van der Waals surface area contributed by atoms with E-state index in [-0.39, 0.29) is 17.2 Å². The van der Waals surface area contributed by atoms with Crippen molar-refractivity contribution in [3.63, 3.8) is 0 Å². The van der Waals surface area contributed by atoms with Crippen LogP contribution in [0.15, 0.2) is 47.4 Å². The van der Waals surface area contributed by atoms with Gasteiger partial charge in [0.1, 0.15) is 0 Å². The zero-order valence-electron chi connectivity index (χ0n) is 16.2. The average molecular weight is 439 g/mol. The van der Waals surface area contributed by atoms with Crippen molar-refractivity contribution in [2.24, 2.45) is 0 Å². The molecule has 0 bridgehead atoms. The molecule has 2 N–H and O–H groups in total. The number of sulfonamides is 1. The van der Waals surface area contributed by atoms with E-state index >= 15 is 0 Å². The van der Waals surface area contributed by atoms with E-state index in [2.05, 4.69) is 14.9 Å². The van der Waals surface area contributed by atoms with Gasteiger partial charge in [0.05, 0.1) is 18.1 Å². The smallest absolute Gasteiger partial charge is 0.261 e. The molecule has 0 aliphatic carbocycles. The normalized spacial score (nSPS) is 15.0. The Hall–Kier alpha value is -2.56. The topological polar surface area (TPSA) is 87.7 Å². The predicted molar refractivity (Wildman–Crippen MR) is 108 cm³/mol. The molecule has 1 saturated heterocycles. The van der Waals surface area contributed by atoms with E-state index in [0.29, 0.717) is 12.6 Å². The maximum atomic E-state index is 13.4. The van der Waals surface area contributed by atoms with Gasteiger partial charge in [-0.1, -0.05) is 6.07 Å². The Labute approximate surface area is 174 Å². The number of hydrogen-bond acceptors (Lipinski definition) is 5. The molecule has 1 aliphatic heterocycles. The number of carbonyl (C=O) groups is 1.